The minimum atomic E-state index is -0.752. The lowest BCUT2D eigenvalue weighted by Crippen LogP contribution is -2.46. The maximum absolute atomic E-state index is 10.7. The zero-order valence-corrected chi connectivity index (χ0v) is 9.34. The molecule has 0 bridgehead atoms. The Hall–Kier alpha value is -0.320. The fourth-order valence-corrected chi connectivity index (χ4v) is 1.60. The summed E-state index contributed by atoms with van der Waals surface area (Å²) in [7, 11) is 0. The average Bonchev–Trinajstić information content (AvgIpc) is 1.99. The van der Waals surface area contributed by atoms with E-state index in [0.29, 0.717) is 12.3 Å². The summed E-state index contributed by atoms with van der Waals surface area (Å²) >= 11 is 5.69. The van der Waals surface area contributed by atoms with Crippen molar-refractivity contribution < 1.29 is 19.0 Å². The van der Waals surface area contributed by atoms with Crippen LogP contribution in [-0.4, -0.2) is 30.0 Å². The minimum absolute atomic E-state index is 0.134. The van der Waals surface area contributed by atoms with Gasteiger partial charge in [-0.05, 0) is 13.8 Å². The van der Waals surface area contributed by atoms with Gasteiger partial charge in [0.25, 0.3) is 0 Å². The normalized spacial score (nSPS) is 31.1. The van der Waals surface area contributed by atoms with E-state index in [4.69, 9.17) is 25.8 Å². The molecule has 0 saturated carbocycles. The molecule has 5 heteroatoms. The molecule has 0 spiro atoms. The molecule has 0 aromatic heterocycles. The summed E-state index contributed by atoms with van der Waals surface area (Å²) < 4.78 is 15.8. The third kappa shape index (κ3) is 3.44. The lowest BCUT2D eigenvalue weighted by atomic mass is 10.2. The van der Waals surface area contributed by atoms with Crippen molar-refractivity contribution in [3.05, 3.63) is 0 Å². The van der Waals surface area contributed by atoms with E-state index in [0.717, 1.165) is 0 Å². The lowest BCUT2D eigenvalue weighted by Gasteiger charge is -2.39. The molecule has 0 aromatic carbocycles. The van der Waals surface area contributed by atoms with Gasteiger partial charge < -0.3 is 14.2 Å². The number of carbonyl (C=O) groups excluding carboxylic acids is 1. The van der Waals surface area contributed by atoms with E-state index in [1.165, 1.54) is 6.92 Å². The SMILES string of the molecule is CC(=O)OC1CC(CCl)OC(C)(C)O1. The molecule has 1 aliphatic rings. The van der Waals surface area contributed by atoms with E-state index in [1.54, 1.807) is 13.8 Å². The second-order valence-electron chi connectivity index (χ2n) is 3.69. The summed E-state index contributed by atoms with van der Waals surface area (Å²) in [5.41, 5.74) is 0. The predicted octanol–water partition coefficient (Wildman–Crippen LogP) is 1.66. The van der Waals surface area contributed by atoms with E-state index in [9.17, 15) is 4.79 Å². The third-order valence-electron chi connectivity index (χ3n) is 1.79. The van der Waals surface area contributed by atoms with Crippen LogP contribution in [0.15, 0.2) is 0 Å². The number of alkyl halides is 1. The Morgan fingerprint density at radius 2 is 2.21 bits per heavy atom. The highest BCUT2D eigenvalue weighted by Gasteiger charge is 2.36. The second-order valence-corrected chi connectivity index (χ2v) is 4.00. The standard InChI is InChI=1S/C9H15ClO4/c1-6(11)12-8-4-7(5-10)13-9(2,3)14-8/h7-8H,4-5H2,1-3H3. The van der Waals surface area contributed by atoms with Crippen LogP contribution in [-0.2, 0) is 19.0 Å². The second kappa shape index (κ2) is 4.47. The zero-order chi connectivity index (χ0) is 10.8. The van der Waals surface area contributed by atoms with Crippen LogP contribution in [0, 0.1) is 0 Å². The summed E-state index contributed by atoms with van der Waals surface area (Å²) in [6.07, 6.45) is -0.211. The number of carbonyl (C=O) groups is 1. The monoisotopic (exact) mass is 222 g/mol. The molecule has 1 aliphatic heterocycles. The maximum Gasteiger partial charge on any atom is 0.304 e. The summed E-state index contributed by atoms with van der Waals surface area (Å²) in [5.74, 6) is -0.747. The predicted molar refractivity (Wildman–Crippen MR) is 50.9 cm³/mol. The zero-order valence-electron chi connectivity index (χ0n) is 8.58. The third-order valence-corrected chi connectivity index (χ3v) is 2.13. The Balaban J connectivity index is 2.56. The van der Waals surface area contributed by atoms with Gasteiger partial charge in [-0.3, -0.25) is 4.79 Å². The van der Waals surface area contributed by atoms with Crippen molar-refractivity contribution in [3.63, 3.8) is 0 Å². The van der Waals surface area contributed by atoms with Gasteiger partial charge in [-0.1, -0.05) is 0 Å². The van der Waals surface area contributed by atoms with Gasteiger partial charge in [-0.25, -0.2) is 0 Å². The van der Waals surface area contributed by atoms with Gasteiger partial charge in [0.05, 0.1) is 6.10 Å². The number of esters is 1. The molecule has 1 rings (SSSR count). The van der Waals surface area contributed by atoms with Crippen LogP contribution < -0.4 is 0 Å². The molecule has 14 heavy (non-hydrogen) atoms. The number of ether oxygens (including phenoxy) is 3. The molecule has 1 heterocycles. The van der Waals surface area contributed by atoms with Gasteiger partial charge in [0, 0.05) is 19.2 Å². The first kappa shape index (κ1) is 11.8. The Morgan fingerprint density at radius 1 is 1.57 bits per heavy atom. The van der Waals surface area contributed by atoms with Crippen LogP contribution in [0.2, 0.25) is 0 Å². The Labute approximate surface area is 88.5 Å². The van der Waals surface area contributed by atoms with Crippen molar-refractivity contribution in [3.8, 4) is 0 Å². The molecule has 4 nitrogen and oxygen atoms in total. The van der Waals surface area contributed by atoms with Gasteiger partial charge in [-0.15, -0.1) is 11.6 Å². The van der Waals surface area contributed by atoms with E-state index in [2.05, 4.69) is 0 Å². The molecule has 0 aliphatic carbocycles. The van der Waals surface area contributed by atoms with Crippen molar-refractivity contribution in [2.45, 2.75) is 45.4 Å². The Bertz CT molecular complexity index is 217. The molecule has 1 fully saturated rings. The van der Waals surface area contributed by atoms with Gasteiger partial charge in [-0.2, -0.15) is 0 Å². The minimum Gasteiger partial charge on any atom is -0.436 e. The first-order valence-corrected chi connectivity index (χ1v) is 5.05. The highest BCUT2D eigenvalue weighted by molar-refractivity contribution is 6.18. The van der Waals surface area contributed by atoms with Gasteiger partial charge in [0.15, 0.2) is 5.79 Å². The first-order chi connectivity index (χ1) is 6.43. The number of hydrogen-bond donors (Lipinski definition) is 0. The van der Waals surface area contributed by atoms with Crippen molar-refractivity contribution in [2.75, 3.05) is 5.88 Å². The van der Waals surface area contributed by atoms with Crippen LogP contribution in [0.1, 0.15) is 27.2 Å². The smallest absolute Gasteiger partial charge is 0.304 e. The summed E-state index contributed by atoms with van der Waals surface area (Å²) in [6, 6.07) is 0. The van der Waals surface area contributed by atoms with Gasteiger partial charge in [0.1, 0.15) is 0 Å². The van der Waals surface area contributed by atoms with E-state index >= 15 is 0 Å². The fourth-order valence-electron chi connectivity index (χ4n) is 1.41. The van der Waals surface area contributed by atoms with Gasteiger partial charge in [0.2, 0.25) is 6.29 Å². The molecule has 1 saturated heterocycles. The van der Waals surface area contributed by atoms with Crippen LogP contribution in [0.4, 0.5) is 0 Å². The largest absolute Gasteiger partial charge is 0.436 e. The molecule has 2 unspecified atom stereocenters. The Kier molecular flexibility index (Phi) is 3.75. The molecule has 0 radical (unpaired) electrons. The van der Waals surface area contributed by atoms with Crippen molar-refractivity contribution in [1.29, 1.82) is 0 Å². The van der Waals surface area contributed by atoms with Crippen molar-refractivity contribution >= 4 is 17.6 Å². The number of rotatable bonds is 2. The lowest BCUT2D eigenvalue weighted by molar-refractivity contribution is -0.339. The van der Waals surface area contributed by atoms with Crippen LogP contribution in [0.25, 0.3) is 0 Å². The molecule has 2 atom stereocenters. The number of hydrogen-bond acceptors (Lipinski definition) is 4. The summed E-state index contributed by atoms with van der Waals surface area (Å²) in [5, 5.41) is 0. The van der Waals surface area contributed by atoms with Gasteiger partial charge >= 0.3 is 5.97 Å². The molecule has 0 aromatic rings. The Morgan fingerprint density at radius 3 is 2.71 bits per heavy atom. The van der Waals surface area contributed by atoms with Crippen molar-refractivity contribution in [2.24, 2.45) is 0 Å². The van der Waals surface area contributed by atoms with Crippen LogP contribution in [0.3, 0.4) is 0 Å². The molecule has 0 amide bonds. The van der Waals surface area contributed by atoms with E-state index in [-0.39, 0.29) is 12.1 Å². The first-order valence-electron chi connectivity index (χ1n) is 4.52. The fraction of sp³-hybridized carbons (Fsp3) is 0.889. The van der Waals surface area contributed by atoms with Crippen molar-refractivity contribution in [1.82, 2.24) is 0 Å². The summed E-state index contributed by atoms with van der Waals surface area (Å²) in [6.45, 7) is 4.88. The molecule has 0 N–H and O–H groups in total. The van der Waals surface area contributed by atoms with Crippen LogP contribution >= 0.6 is 11.6 Å². The quantitative estimate of drug-likeness (QED) is 0.527. The topological polar surface area (TPSA) is 44.8 Å². The molecular weight excluding hydrogens is 208 g/mol. The average molecular weight is 223 g/mol. The molecular formula is C9H15ClO4. The van der Waals surface area contributed by atoms with Crippen LogP contribution in [0.5, 0.6) is 0 Å². The van der Waals surface area contributed by atoms with E-state index in [1.807, 2.05) is 0 Å². The van der Waals surface area contributed by atoms with E-state index < -0.39 is 12.1 Å². The summed E-state index contributed by atoms with van der Waals surface area (Å²) in [4.78, 5) is 10.7. The molecule has 82 valence electrons. The maximum atomic E-state index is 10.7. The highest BCUT2D eigenvalue weighted by Crippen LogP contribution is 2.27. The highest BCUT2D eigenvalue weighted by atomic mass is 35.5. The number of halogens is 1.